The van der Waals surface area contributed by atoms with Gasteiger partial charge in [-0.3, -0.25) is 9.69 Å². The van der Waals surface area contributed by atoms with Crippen LogP contribution in [0.15, 0.2) is 22.7 Å². The van der Waals surface area contributed by atoms with Crippen LogP contribution >= 0.6 is 0 Å². The number of carbonyl (C=O) groups excluding carboxylic acids is 1. The molecule has 1 aromatic heterocycles. The van der Waals surface area contributed by atoms with Gasteiger partial charge in [0.15, 0.2) is 11.6 Å². The summed E-state index contributed by atoms with van der Waals surface area (Å²) in [6, 6.07) is 6.06. The second-order valence-electron chi connectivity index (χ2n) is 5.55. The van der Waals surface area contributed by atoms with E-state index in [1.165, 1.54) is 11.1 Å². The molecule has 0 spiro atoms. The molecule has 0 unspecified atom stereocenters. The highest BCUT2D eigenvalue weighted by atomic mass is 16.5. The van der Waals surface area contributed by atoms with Crippen molar-refractivity contribution in [1.82, 2.24) is 15.0 Å². The van der Waals surface area contributed by atoms with E-state index in [1.54, 1.807) is 6.92 Å². The maximum atomic E-state index is 11.5. The number of fused-ring (bicyclic) bond motifs is 1. The number of Topliss-reactive ketones (excluding diaryl/α,β-unsaturated/α-hetero) is 1. The molecule has 0 saturated carbocycles. The van der Waals surface area contributed by atoms with Crippen LogP contribution in [-0.4, -0.2) is 33.9 Å². The summed E-state index contributed by atoms with van der Waals surface area (Å²) in [7, 11) is 0. The number of aromatic nitrogens is 2. The summed E-state index contributed by atoms with van der Waals surface area (Å²) < 4.78 is 5.19. The molecule has 0 bridgehead atoms. The standard InChI is InChI=1S/C16H19N3O2/c1-11(20)14-4-3-13-5-7-19(8-6-15(13)9-14)10-16-17-12(2)18-21-16/h3-4,9H,5-8,10H2,1-2H3. The summed E-state index contributed by atoms with van der Waals surface area (Å²) in [6.07, 6.45) is 1.93. The second-order valence-corrected chi connectivity index (χ2v) is 5.55. The Morgan fingerprint density at radius 1 is 1.29 bits per heavy atom. The predicted octanol–water partition coefficient (Wildman–Crippen LogP) is 2.18. The molecule has 1 aromatic carbocycles. The van der Waals surface area contributed by atoms with Gasteiger partial charge in [-0.15, -0.1) is 0 Å². The quantitative estimate of drug-likeness (QED) is 0.809. The molecule has 5 heteroatoms. The van der Waals surface area contributed by atoms with Crippen LogP contribution < -0.4 is 0 Å². The monoisotopic (exact) mass is 285 g/mol. The average molecular weight is 285 g/mol. The van der Waals surface area contributed by atoms with Gasteiger partial charge in [0.1, 0.15) is 0 Å². The number of rotatable bonds is 3. The van der Waals surface area contributed by atoms with Gasteiger partial charge in [-0.25, -0.2) is 0 Å². The molecule has 0 amide bonds. The minimum atomic E-state index is 0.125. The highest BCUT2D eigenvalue weighted by Crippen LogP contribution is 2.19. The van der Waals surface area contributed by atoms with E-state index >= 15 is 0 Å². The van der Waals surface area contributed by atoms with Crippen molar-refractivity contribution in [2.75, 3.05) is 13.1 Å². The van der Waals surface area contributed by atoms with E-state index in [0.29, 0.717) is 18.3 Å². The highest BCUT2D eigenvalue weighted by molar-refractivity contribution is 5.94. The topological polar surface area (TPSA) is 59.2 Å². The summed E-state index contributed by atoms with van der Waals surface area (Å²) in [5.41, 5.74) is 3.42. The van der Waals surface area contributed by atoms with E-state index in [4.69, 9.17) is 4.52 Å². The lowest BCUT2D eigenvalue weighted by molar-refractivity contribution is 0.101. The van der Waals surface area contributed by atoms with Gasteiger partial charge in [-0.1, -0.05) is 17.3 Å². The molecular formula is C16H19N3O2. The van der Waals surface area contributed by atoms with Crippen LogP contribution in [-0.2, 0) is 19.4 Å². The third-order valence-electron chi connectivity index (χ3n) is 3.94. The molecule has 0 saturated heterocycles. The first-order chi connectivity index (χ1) is 10.1. The van der Waals surface area contributed by atoms with Crippen LogP contribution in [0.4, 0.5) is 0 Å². The van der Waals surface area contributed by atoms with Gasteiger partial charge in [0.25, 0.3) is 0 Å². The zero-order valence-electron chi connectivity index (χ0n) is 12.4. The lowest BCUT2D eigenvalue weighted by Crippen LogP contribution is -2.26. The Morgan fingerprint density at radius 2 is 2.05 bits per heavy atom. The Kier molecular flexibility index (Phi) is 3.84. The predicted molar refractivity (Wildman–Crippen MR) is 78.2 cm³/mol. The number of hydrogen-bond acceptors (Lipinski definition) is 5. The van der Waals surface area contributed by atoms with Crippen molar-refractivity contribution >= 4 is 5.78 Å². The molecule has 0 N–H and O–H groups in total. The molecule has 0 radical (unpaired) electrons. The van der Waals surface area contributed by atoms with E-state index in [0.717, 1.165) is 31.5 Å². The fourth-order valence-corrected chi connectivity index (χ4v) is 2.74. The molecule has 110 valence electrons. The molecule has 1 aliphatic rings. The first kappa shape index (κ1) is 13.9. The number of ketones is 1. The number of benzene rings is 1. The second kappa shape index (κ2) is 5.77. The number of carbonyl (C=O) groups is 1. The molecule has 0 atom stereocenters. The lowest BCUT2D eigenvalue weighted by atomic mass is 9.99. The van der Waals surface area contributed by atoms with Crippen LogP contribution in [0.5, 0.6) is 0 Å². The van der Waals surface area contributed by atoms with Crippen molar-refractivity contribution in [3.05, 3.63) is 46.6 Å². The Bertz CT molecular complexity index is 663. The maximum Gasteiger partial charge on any atom is 0.240 e. The van der Waals surface area contributed by atoms with Gasteiger partial charge in [0, 0.05) is 18.7 Å². The first-order valence-electron chi connectivity index (χ1n) is 7.26. The van der Waals surface area contributed by atoms with E-state index in [2.05, 4.69) is 21.1 Å². The largest absolute Gasteiger partial charge is 0.338 e. The molecule has 0 fully saturated rings. The van der Waals surface area contributed by atoms with E-state index in [-0.39, 0.29) is 5.78 Å². The Morgan fingerprint density at radius 3 is 2.71 bits per heavy atom. The van der Waals surface area contributed by atoms with Crippen molar-refractivity contribution in [2.24, 2.45) is 0 Å². The van der Waals surface area contributed by atoms with Crippen molar-refractivity contribution in [3.8, 4) is 0 Å². The lowest BCUT2D eigenvalue weighted by Gasteiger charge is -2.16. The Hall–Kier alpha value is -2.01. The van der Waals surface area contributed by atoms with Crippen LogP contribution in [0.2, 0.25) is 0 Å². The van der Waals surface area contributed by atoms with Gasteiger partial charge in [-0.05, 0) is 43.9 Å². The number of aryl methyl sites for hydroxylation is 1. The maximum absolute atomic E-state index is 11.5. The fraction of sp³-hybridized carbons (Fsp3) is 0.438. The molecule has 0 aliphatic carbocycles. The average Bonchev–Trinajstić information content (AvgIpc) is 2.76. The van der Waals surface area contributed by atoms with Crippen molar-refractivity contribution < 1.29 is 9.32 Å². The summed E-state index contributed by atoms with van der Waals surface area (Å²) >= 11 is 0. The Balaban J connectivity index is 1.71. The Labute approximate surface area is 124 Å². The first-order valence-corrected chi connectivity index (χ1v) is 7.26. The summed E-state index contributed by atoms with van der Waals surface area (Å²) in [4.78, 5) is 18.1. The SMILES string of the molecule is CC(=O)c1ccc2c(c1)CCN(Cc1nc(C)no1)CC2. The molecule has 3 rings (SSSR count). The third-order valence-corrected chi connectivity index (χ3v) is 3.94. The van der Waals surface area contributed by atoms with Gasteiger partial charge >= 0.3 is 0 Å². The van der Waals surface area contributed by atoms with Crippen molar-refractivity contribution in [1.29, 1.82) is 0 Å². The summed E-state index contributed by atoms with van der Waals surface area (Å²) in [5, 5.41) is 3.83. The molecule has 5 nitrogen and oxygen atoms in total. The van der Waals surface area contributed by atoms with Gasteiger partial charge < -0.3 is 4.52 Å². The van der Waals surface area contributed by atoms with Crippen LogP contribution in [0.3, 0.4) is 0 Å². The van der Waals surface area contributed by atoms with Crippen LogP contribution in [0.1, 0.15) is 40.1 Å². The number of nitrogens with zero attached hydrogens (tertiary/aromatic N) is 3. The van der Waals surface area contributed by atoms with E-state index < -0.39 is 0 Å². The molecule has 21 heavy (non-hydrogen) atoms. The highest BCUT2D eigenvalue weighted by Gasteiger charge is 2.17. The van der Waals surface area contributed by atoms with Gasteiger partial charge in [-0.2, -0.15) is 4.98 Å². The van der Waals surface area contributed by atoms with Crippen molar-refractivity contribution in [2.45, 2.75) is 33.2 Å². The van der Waals surface area contributed by atoms with E-state index in [9.17, 15) is 4.79 Å². The molecular weight excluding hydrogens is 266 g/mol. The summed E-state index contributed by atoms with van der Waals surface area (Å²) in [6.45, 7) is 6.04. The van der Waals surface area contributed by atoms with E-state index in [1.807, 2.05) is 19.1 Å². The minimum Gasteiger partial charge on any atom is -0.338 e. The minimum absolute atomic E-state index is 0.125. The van der Waals surface area contributed by atoms with Crippen molar-refractivity contribution in [3.63, 3.8) is 0 Å². The third kappa shape index (κ3) is 3.19. The zero-order chi connectivity index (χ0) is 14.8. The molecule has 1 aliphatic heterocycles. The van der Waals surface area contributed by atoms with Gasteiger partial charge in [0.05, 0.1) is 6.54 Å². The van der Waals surface area contributed by atoms with Crippen LogP contribution in [0, 0.1) is 6.92 Å². The van der Waals surface area contributed by atoms with Gasteiger partial charge in [0.2, 0.25) is 5.89 Å². The number of hydrogen-bond donors (Lipinski definition) is 0. The molecule has 2 aromatic rings. The summed E-state index contributed by atoms with van der Waals surface area (Å²) in [5.74, 6) is 1.47. The molecule has 2 heterocycles. The smallest absolute Gasteiger partial charge is 0.240 e. The van der Waals surface area contributed by atoms with Crippen LogP contribution in [0.25, 0.3) is 0 Å². The fourth-order valence-electron chi connectivity index (χ4n) is 2.74. The zero-order valence-corrected chi connectivity index (χ0v) is 12.4. The normalized spacial score (nSPS) is 15.5.